The van der Waals surface area contributed by atoms with Gasteiger partial charge >= 0.3 is 0 Å². The number of ether oxygens (including phenoxy) is 2. The number of halogens is 2. The number of nitrogens with one attached hydrogen (secondary N) is 1. The quantitative estimate of drug-likeness (QED) is 0.527. The van der Waals surface area contributed by atoms with E-state index in [9.17, 15) is 4.79 Å². The summed E-state index contributed by atoms with van der Waals surface area (Å²) < 4.78 is 16.3. The molecule has 3 rings (SSSR count). The predicted octanol–water partition coefficient (Wildman–Crippen LogP) is 5.55. The van der Waals surface area contributed by atoms with E-state index in [1.165, 1.54) is 0 Å². The van der Waals surface area contributed by atoms with Crippen molar-refractivity contribution in [2.45, 2.75) is 19.8 Å². The molecule has 0 atom stereocenters. The topological polar surface area (TPSA) is 73.6 Å². The summed E-state index contributed by atoms with van der Waals surface area (Å²) in [6, 6.07) is 8.67. The summed E-state index contributed by atoms with van der Waals surface area (Å²) in [4.78, 5) is 16.6. The van der Waals surface area contributed by atoms with Crippen molar-refractivity contribution in [3.05, 3.63) is 58.0 Å². The molecule has 0 aliphatic heterocycles. The van der Waals surface area contributed by atoms with Crippen LogP contribution in [0.3, 0.4) is 0 Å². The molecule has 0 radical (unpaired) electrons. The van der Waals surface area contributed by atoms with Crippen molar-refractivity contribution in [1.82, 2.24) is 4.98 Å². The van der Waals surface area contributed by atoms with Gasteiger partial charge in [0, 0.05) is 35.2 Å². The maximum Gasteiger partial charge on any atom is 0.224 e. The van der Waals surface area contributed by atoms with Gasteiger partial charge in [-0.1, -0.05) is 23.2 Å². The highest BCUT2D eigenvalue weighted by atomic mass is 35.5. The van der Waals surface area contributed by atoms with Crippen LogP contribution >= 0.6 is 23.2 Å². The second-order valence-electron chi connectivity index (χ2n) is 6.31. The second kappa shape index (κ2) is 9.20. The van der Waals surface area contributed by atoms with Crippen LogP contribution in [-0.2, 0) is 11.2 Å². The molecule has 1 amide bonds. The Balaban J connectivity index is 1.64. The zero-order chi connectivity index (χ0) is 21.0. The third-order valence-electron chi connectivity index (χ3n) is 4.32. The summed E-state index contributed by atoms with van der Waals surface area (Å²) in [5.41, 5.74) is 2.22. The monoisotopic (exact) mass is 434 g/mol. The summed E-state index contributed by atoms with van der Waals surface area (Å²) in [5.74, 6) is 1.97. The van der Waals surface area contributed by atoms with Crippen molar-refractivity contribution in [2.75, 3.05) is 19.5 Å². The van der Waals surface area contributed by atoms with Crippen LogP contribution in [-0.4, -0.2) is 25.1 Å². The highest BCUT2D eigenvalue weighted by Gasteiger charge is 2.14. The number of amides is 1. The number of aryl methyl sites for hydroxylation is 2. The van der Waals surface area contributed by atoms with Gasteiger partial charge in [-0.25, -0.2) is 4.98 Å². The Kier molecular flexibility index (Phi) is 6.67. The summed E-state index contributed by atoms with van der Waals surface area (Å²) >= 11 is 12.1. The SMILES string of the molecule is COc1cc(C)c(NC(=O)CCc2ncc(-c3ccc(Cl)cc3Cl)o2)cc1OC. The van der Waals surface area contributed by atoms with Gasteiger partial charge in [-0.2, -0.15) is 0 Å². The molecule has 0 saturated heterocycles. The first kappa shape index (κ1) is 21.0. The van der Waals surface area contributed by atoms with E-state index in [1.807, 2.05) is 13.0 Å². The Morgan fingerprint density at radius 1 is 1.14 bits per heavy atom. The Hall–Kier alpha value is -2.70. The number of oxazole rings is 1. The molecule has 29 heavy (non-hydrogen) atoms. The van der Waals surface area contributed by atoms with Gasteiger partial charge in [0.05, 0.1) is 25.4 Å². The second-order valence-corrected chi connectivity index (χ2v) is 7.16. The first-order valence-electron chi connectivity index (χ1n) is 8.84. The van der Waals surface area contributed by atoms with E-state index in [-0.39, 0.29) is 12.3 Å². The molecule has 1 aromatic heterocycles. The van der Waals surface area contributed by atoms with Gasteiger partial charge < -0.3 is 19.2 Å². The lowest BCUT2D eigenvalue weighted by Crippen LogP contribution is -2.13. The molecule has 0 aliphatic carbocycles. The minimum absolute atomic E-state index is 0.162. The van der Waals surface area contributed by atoms with Gasteiger partial charge in [-0.3, -0.25) is 4.79 Å². The molecule has 152 valence electrons. The molecule has 0 spiro atoms. The molecule has 3 aromatic rings. The van der Waals surface area contributed by atoms with E-state index in [0.29, 0.717) is 50.9 Å². The van der Waals surface area contributed by atoms with Crippen LogP contribution in [0.2, 0.25) is 10.0 Å². The minimum Gasteiger partial charge on any atom is -0.493 e. The molecule has 1 heterocycles. The van der Waals surface area contributed by atoms with Crippen LogP contribution < -0.4 is 14.8 Å². The largest absolute Gasteiger partial charge is 0.493 e. The Labute approximate surface area is 178 Å². The average molecular weight is 435 g/mol. The van der Waals surface area contributed by atoms with Crippen LogP contribution in [0.15, 0.2) is 40.9 Å². The van der Waals surface area contributed by atoms with E-state index < -0.39 is 0 Å². The lowest BCUT2D eigenvalue weighted by molar-refractivity contribution is -0.116. The van der Waals surface area contributed by atoms with Gasteiger partial charge in [0.1, 0.15) is 0 Å². The molecule has 8 heteroatoms. The van der Waals surface area contributed by atoms with Gasteiger partial charge in [-0.15, -0.1) is 0 Å². The van der Waals surface area contributed by atoms with Crippen molar-refractivity contribution < 1.29 is 18.7 Å². The molecular formula is C21H20Cl2N2O4. The lowest BCUT2D eigenvalue weighted by Gasteiger charge is -2.13. The third kappa shape index (κ3) is 5.02. The molecule has 6 nitrogen and oxygen atoms in total. The molecule has 0 saturated carbocycles. The van der Waals surface area contributed by atoms with Crippen molar-refractivity contribution in [3.8, 4) is 22.8 Å². The first-order valence-corrected chi connectivity index (χ1v) is 9.59. The van der Waals surface area contributed by atoms with Crippen LogP contribution in [0.4, 0.5) is 5.69 Å². The fraction of sp³-hybridized carbons (Fsp3) is 0.238. The van der Waals surface area contributed by atoms with Crippen LogP contribution in [0.25, 0.3) is 11.3 Å². The van der Waals surface area contributed by atoms with E-state index in [4.69, 9.17) is 37.1 Å². The normalized spacial score (nSPS) is 10.7. The van der Waals surface area contributed by atoms with Crippen molar-refractivity contribution in [2.24, 2.45) is 0 Å². The Morgan fingerprint density at radius 2 is 1.86 bits per heavy atom. The van der Waals surface area contributed by atoms with E-state index in [2.05, 4.69) is 10.3 Å². The highest BCUT2D eigenvalue weighted by molar-refractivity contribution is 6.36. The number of methoxy groups -OCH3 is 2. The van der Waals surface area contributed by atoms with Gasteiger partial charge in [-0.05, 0) is 36.8 Å². The fourth-order valence-corrected chi connectivity index (χ4v) is 3.29. The molecule has 0 unspecified atom stereocenters. The van der Waals surface area contributed by atoms with Crippen LogP contribution in [0.1, 0.15) is 17.9 Å². The zero-order valence-corrected chi connectivity index (χ0v) is 17.7. The van der Waals surface area contributed by atoms with Crippen molar-refractivity contribution in [3.63, 3.8) is 0 Å². The fourth-order valence-electron chi connectivity index (χ4n) is 2.79. The summed E-state index contributed by atoms with van der Waals surface area (Å²) in [7, 11) is 3.11. The molecule has 0 fully saturated rings. The number of carbonyl (C=O) groups is 1. The highest BCUT2D eigenvalue weighted by Crippen LogP contribution is 2.33. The van der Waals surface area contributed by atoms with E-state index in [0.717, 1.165) is 5.56 Å². The van der Waals surface area contributed by atoms with Gasteiger partial charge in [0.15, 0.2) is 23.1 Å². The van der Waals surface area contributed by atoms with Crippen LogP contribution in [0.5, 0.6) is 11.5 Å². The maximum absolute atomic E-state index is 12.4. The average Bonchev–Trinajstić information content (AvgIpc) is 3.16. The molecule has 0 aliphatic rings. The number of anilines is 1. The number of benzene rings is 2. The Bertz CT molecular complexity index is 1030. The minimum atomic E-state index is -0.162. The third-order valence-corrected chi connectivity index (χ3v) is 4.87. The number of hydrogen-bond acceptors (Lipinski definition) is 5. The van der Waals surface area contributed by atoms with Crippen molar-refractivity contribution in [1.29, 1.82) is 0 Å². The van der Waals surface area contributed by atoms with E-state index in [1.54, 1.807) is 44.7 Å². The van der Waals surface area contributed by atoms with Crippen molar-refractivity contribution >= 4 is 34.8 Å². The maximum atomic E-state index is 12.4. The molecule has 2 aromatic carbocycles. The molecule has 1 N–H and O–H groups in total. The molecule has 0 bridgehead atoms. The number of nitrogens with zero attached hydrogens (tertiary/aromatic N) is 1. The van der Waals surface area contributed by atoms with E-state index >= 15 is 0 Å². The zero-order valence-electron chi connectivity index (χ0n) is 16.2. The Morgan fingerprint density at radius 3 is 2.55 bits per heavy atom. The standard InChI is InChI=1S/C21H20Cl2N2O4/c1-12-8-17(27-2)18(28-3)10-16(12)25-20(26)6-7-21-24-11-19(29-21)14-5-4-13(22)9-15(14)23/h4-5,8-11H,6-7H2,1-3H3,(H,25,26). The summed E-state index contributed by atoms with van der Waals surface area (Å²) in [5, 5.41) is 3.90. The lowest BCUT2D eigenvalue weighted by atomic mass is 10.1. The number of carbonyl (C=O) groups excluding carboxylic acids is 1. The van der Waals surface area contributed by atoms with Gasteiger partial charge in [0.25, 0.3) is 0 Å². The van der Waals surface area contributed by atoms with Gasteiger partial charge in [0.2, 0.25) is 5.91 Å². The number of aromatic nitrogens is 1. The predicted molar refractivity (Wildman–Crippen MR) is 113 cm³/mol. The first-order chi connectivity index (χ1) is 13.9. The smallest absolute Gasteiger partial charge is 0.224 e. The molecular weight excluding hydrogens is 415 g/mol. The summed E-state index contributed by atoms with van der Waals surface area (Å²) in [6.07, 6.45) is 2.15. The summed E-state index contributed by atoms with van der Waals surface area (Å²) in [6.45, 7) is 1.88. The number of hydrogen-bond donors (Lipinski definition) is 1. The number of rotatable bonds is 7. The van der Waals surface area contributed by atoms with Crippen LogP contribution in [0, 0.1) is 6.92 Å².